The van der Waals surface area contributed by atoms with E-state index in [1.807, 2.05) is 13.8 Å². The molecule has 0 aliphatic rings. The Morgan fingerprint density at radius 3 is 2.88 bits per heavy atom. The van der Waals surface area contributed by atoms with Gasteiger partial charge in [-0.25, -0.2) is 9.97 Å². The fraction of sp³-hybridized carbons (Fsp3) is 0.636. The van der Waals surface area contributed by atoms with Crippen molar-refractivity contribution < 1.29 is 9.47 Å². The van der Waals surface area contributed by atoms with Crippen molar-refractivity contribution in [3.05, 3.63) is 12.4 Å². The number of rotatable bonds is 7. The summed E-state index contributed by atoms with van der Waals surface area (Å²) in [5, 5.41) is 3.18. The molecule has 0 radical (unpaired) electrons. The van der Waals surface area contributed by atoms with E-state index < -0.39 is 0 Å². The highest BCUT2D eigenvalue weighted by Crippen LogP contribution is 2.09. The van der Waals surface area contributed by atoms with Crippen LogP contribution < -0.4 is 10.1 Å². The van der Waals surface area contributed by atoms with Gasteiger partial charge in [-0.15, -0.1) is 0 Å². The van der Waals surface area contributed by atoms with Crippen LogP contribution in [0.3, 0.4) is 0 Å². The van der Waals surface area contributed by atoms with Gasteiger partial charge in [-0.3, -0.25) is 0 Å². The zero-order valence-electron chi connectivity index (χ0n) is 10.1. The first-order valence-corrected chi connectivity index (χ1v) is 5.44. The van der Waals surface area contributed by atoms with E-state index in [4.69, 9.17) is 9.47 Å². The Kier molecular flexibility index (Phi) is 5.56. The van der Waals surface area contributed by atoms with Crippen LogP contribution in [0.1, 0.15) is 20.3 Å². The number of anilines is 1. The predicted octanol–water partition coefficient (Wildman–Crippen LogP) is 1.71. The average molecular weight is 225 g/mol. The molecule has 0 saturated heterocycles. The molecule has 0 spiro atoms. The third-order valence-electron chi connectivity index (χ3n) is 1.93. The van der Waals surface area contributed by atoms with Crippen LogP contribution in [0.5, 0.6) is 5.88 Å². The van der Waals surface area contributed by atoms with Crippen LogP contribution in [0.4, 0.5) is 5.82 Å². The first-order chi connectivity index (χ1) is 7.72. The fourth-order valence-corrected chi connectivity index (χ4v) is 1.16. The Morgan fingerprint density at radius 1 is 1.38 bits per heavy atom. The van der Waals surface area contributed by atoms with Crippen LogP contribution in [0.2, 0.25) is 0 Å². The first kappa shape index (κ1) is 12.7. The molecule has 0 atom stereocenters. The third-order valence-corrected chi connectivity index (χ3v) is 1.93. The third kappa shape index (κ3) is 4.93. The van der Waals surface area contributed by atoms with E-state index >= 15 is 0 Å². The topological polar surface area (TPSA) is 56.3 Å². The van der Waals surface area contributed by atoms with Gasteiger partial charge < -0.3 is 14.8 Å². The Bertz CT molecular complexity index is 305. The maximum atomic E-state index is 5.43. The van der Waals surface area contributed by atoms with Crippen LogP contribution in [0.25, 0.3) is 0 Å². The minimum Gasteiger partial charge on any atom is -0.481 e. The van der Waals surface area contributed by atoms with E-state index in [1.54, 1.807) is 13.2 Å². The maximum absolute atomic E-state index is 5.43. The molecule has 1 rings (SSSR count). The van der Waals surface area contributed by atoms with Crippen molar-refractivity contribution >= 4 is 5.82 Å². The Morgan fingerprint density at radius 2 is 2.19 bits per heavy atom. The lowest BCUT2D eigenvalue weighted by Crippen LogP contribution is -2.10. The highest BCUT2D eigenvalue weighted by molar-refractivity contribution is 5.36. The summed E-state index contributed by atoms with van der Waals surface area (Å²) in [7, 11) is 1.59. The van der Waals surface area contributed by atoms with Gasteiger partial charge in [0.1, 0.15) is 12.1 Å². The predicted molar refractivity (Wildman–Crippen MR) is 62.8 cm³/mol. The van der Waals surface area contributed by atoms with Gasteiger partial charge in [0.25, 0.3) is 0 Å². The summed E-state index contributed by atoms with van der Waals surface area (Å²) in [5.41, 5.74) is 0. The van der Waals surface area contributed by atoms with Crippen LogP contribution >= 0.6 is 0 Å². The number of nitrogens with one attached hydrogen (secondary N) is 1. The molecule has 0 aliphatic carbocycles. The van der Waals surface area contributed by atoms with E-state index in [1.165, 1.54) is 6.33 Å². The smallest absolute Gasteiger partial charge is 0.218 e. The van der Waals surface area contributed by atoms with Crippen molar-refractivity contribution in [2.24, 2.45) is 0 Å². The molecule has 1 heterocycles. The van der Waals surface area contributed by atoms with Gasteiger partial charge in [0.15, 0.2) is 0 Å². The van der Waals surface area contributed by atoms with Crippen LogP contribution in [-0.2, 0) is 4.74 Å². The number of ether oxygens (including phenoxy) is 2. The summed E-state index contributed by atoms with van der Waals surface area (Å²) in [5.74, 6) is 1.34. The molecule has 90 valence electrons. The van der Waals surface area contributed by atoms with Gasteiger partial charge in [-0.1, -0.05) is 0 Å². The van der Waals surface area contributed by atoms with Crippen molar-refractivity contribution in [2.75, 3.05) is 25.6 Å². The molecule has 0 amide bonds. The quantitative estimate of drug-likeness (QED) is 0.716. The van der Waals surface area contributed by atoms with Gasteiger partial charge in [0.05, 0.1) is 13.2 Å². The summed E-state index contributed by atoms with van der Waals surface area (Å²) in [4.78, 5) is 8.00. The monoisotopic (exact) mass is 225 g/mol. The number of hydrogen-bond acceptors (Lipinski definition) is 5. The zero-order valence-corrected chi connectivity index (χ0v) is 10.1. The average Bonchev–Trinajstić information content (AvgIpc) is 2.28. The second kappa shape index (κ2) is 7.00. The lowest BCUT2D eigenvalue weighted by atomic mass is 10.4. The Labute approximate surface area is 96.2 Å². The molecule has 5 heteroatoms. The zero-order chi connectivity index (χ0) is 11.8. The summed E-state index contributed by atoms with van der Waals surface area (Å²) >= 11 is 0. The second-order valence-corrected chi connectivity index (χ2v) is 3.65. The molecule has 16 heavy (non-hydrogen) atoms. The summed E-state index contributed by atoms with van der Waals surface area (Å²) < 4.78 is 10.4. The molecule has 0 bridgehead atoms. The molecule has 0 fully saturated rings. The number of nitrogens with zero attached hydrogens (tertiary/aromatic N) is 2. The lowest BCUT2D eigenvalue weighted by molar-refractivity contribution is 0.0787. The summed E-state index contributed by atoms with van der Waals surface area (Å²) in [6.07, 6.45) is 2.72. The van der Waals surface area contributed by atoms with E-state index in [0.717, 1.165) is 25.4 Å². The standard InChI is InChI=1S/C11H19N3O2/c1-9(2)16-6-4-5-12-10-7-11(15-3)14-8-13-10/h7-9H,4-6H2,1-3H3,(H,12,13,14). The first-order valence-electron chi connectivity index (χ1n) is 5.44. The minimum atomic E-state index is 0.291. The van der Waals surface area contributed by atoms with Gasteiger partial charge in [0, 0.05) is 19.2 Å². The molecule has 0 aliphatic heterocycles. The van der Waals surface area contributed by atoms with E-state index in [9.17, 15) is 0 Å². The molecule has 1 aromatic rings. The van der Waals surface area contributed by atoms with E-state index in [0.29, 0.717) is 12.0 Å². The van der Waals surface area contributed by atoms with Crippen molar-refractivity contribution in [3.63, 3.8) is 0 Å². The highest BCUT2D eigenvalue weighted by atomic mass is 16.5. The Balaban J connectivity index is 2.21. The minimum absolute atomic E-state index is 0.291. The fourth-order valence-electron chi connectivity index (χ4n) is 1.16. The molecular weight excluding hydrogens is 206 g/mol. The van der Waals surface area contributed by atoms with Crippen LogP contribution in [-0.4, -0.2) is 36.3 Å². The lowest BCUT2D eigenvalue weighted by Gasteiger charge is -2.08. The van der Waals surface area contributed by atoms with E-state index in [-0.39, 0.29) is 0 Å². The van der Waals surface area contributed by atoms with Gasteiger partial charge in [0.2, 0.25) is 5.88 Å². The van der Waals surface area contributed by atoms with Crippen molar-refractivity contribution in [1.82, 2.24) is 9.97 Å². The van der Waals surface area contributed by atoms with Crippen molar-refractivity contribution in [3.8, 4) is 5.88 Å². The van der Waals surface area contributed by atoms with Crippen molar-refractivity contribution in [2.45, 2.75) is 26.4 Å². The highest BCUT2D eigenvalue weighted by Gasteiger charge is 1.98. The van der Waals surface area contributed by atoms with Crippen LogP contribution in [0.15, 0.2) is 12.4 Å². The SMILES string of the molecule is COc1cc(NCCCOC(C)C)ncn1. The summed E-state index contributed by atoms with van der Waals surface area (Å²) in [6.45, 7) is 5.64. The second-order valence-electron chi connectivity index (χ2n) is 3.65. The number of methoxy groups -OCH3 is 1. The molecule has 1 aromatic heterocycles. The molecule has 5 nitrogen and oxygen atoms in total. The molecule has 1 N–H and O–H groups in total. The number of aromatic nitrogens is 2. The van der Waals surface area contributed by atoms with E-state index in [2.05, 4.69) is 15.3 Å². The number of hydrogen-bond donors (Lipinski definition) is 1. The van der Waals surface area contributed by atoms with Gasteiger partial charge in [-0.05, 0) is 20.3 Å². The van der Waals surface area contributed by atoms with Crippen molar-refractivity contribution in [1.29, 1.82) is 0 Å². The van der Waals surface area contributed by atoms with Gasteiger partial charge in [-0.2, -0.15) is 0 Å². The van der Waals surface area contributed by atoms with Crippen LogP contribution in [0, 0.1) is 0 Å². The summed E-state index contributed by atoms with van der Waals surface area (Å²) in [6, 6.07) is 1.77. The molecule has 0 unspecified atom stereocenters. The normalized spacial score (nSPS) is 10.5. The largest absolute Gasteiger partial charge is 0.481 e. The van der Waals surface area contributed by atoms with Gasteiger partial charge >= 0.3 is 0 Å². The Hall–Kier alpha value is -1.36. The molecule has 0 saturated carbocycles. The molecular formula is C11H19N3O2. The molecule has 0 aromatic carbocycles. The maximum Gasteiger partial charge on any atom is 0.218 e.